The minimum Gasteiger partial charge on any atom is -0.355 e. The average molecular weight is 513 g/mol. The molecule has 0 unspecified atom stereocenters. The van der Waals surface area contributed by atoms with Gasteiger partial charge in [-0.1, -0.05) is 12.1 Å². The van der Waals surface area contributed by atoms with Crippen LogP contribution in [0.2, 0.25) is 0 Å². The molecule has 148 valence electrons. The minimum absolute atomic E-state index is 0. The standard InChI is InChI=1S/C16H18F3N5OS.HI/c1-20-14(25)11-5-3-10(4-6-11)7-22-15(21-2)23-8-13-24-12(9-26-13)16(17,18)19;/h3-6,9H,7-8H2,1-2H3,(H,20,25)(H2,21,22,23);1H. The number of aliphatic imine (C=N–C) groups is 1. The summed E-state index contributed by atoms with van der Waals surface area (Å²) in [5.74, 6) is 0.271. The predicted octanol–water partition coefficient (Wildman–Crippen LogP) is 3.00. The van der Waals surface area contributed by atoms with Crippen molar-refractivity contribution in [3.8, 4) is 0 Å². The summed E-state index contributed by atoms with van der Waals surface area (Å²) >= 11 is 0.936. The molecule has 2 rings (SSSR count). The second-order valence-electron chi connectivity index (χ2n) is 5.18. The highest BCUT2D eigenvalue weighted by molar-refractivity contribution is 14.0. The molecular weight excluding hydrogens is 494 g/mol. The van der Waals surface area contributed by atoms with E-state index in [1.165, 1.54) is 0 Å². The molecule has 1 amide bonds. The van der Waals surface area contributed by atoms with E-state index in [2.05, 4.69) is 25.9 Å². The fourth-order valence-corrected chi connectivity index (χ4v) is 2.75. The molecule has 6 nitrogen and oxygen atoms in total. The molecular formula is C16H19F3IN5OS. The molecule has 0 bridgehead atoms. The number of alkyl halides is 3. The Kier molecular flexibility index (Phi) is 8.96. The SMILES string of the molecule is CN=C(NCc1ccc(C(=O)NC)cc1)NCc1nc(C(F)(F)F)cs1.I. The Morgan fingerprint density at radius 3 is 2.33 bits per heavy atom. The molecule has 0 saturated carbocycles. The summed E-state index contributed by atoms with van der Waals surface area (Å²) in [6, 6.07) is 7.03. The number of carbonyl (C=O) groups is 1. The summed E-state index contributed by atoms with van der Waals surface area (Å²) in [6.07, 6.45) is -4.44. The zero-order valence-corrected chi connectivity index (χ0v) is 17.7. The Morgan fingerprint density at radius 1 is 1.19 bits per heavy atom. The van der Waals surface area contributed by atoms with Crippen molar-refractivity contribution >= 4 is 47.2 Å². The molecule has 0 fully saturated rings. The molecule has 0 aliphatic heterocycles. The van der Waals surface area contributed by atoms with E-state index in [9.17, 15) is 18.0 Å². The Hall–Kier alpha value is -1.89. The highest BCUT2D eigenvalue weighted by atomic mass is 127. The van der Waals surface area contributed by atoms with Crippen molar-refractivity contribution in [2.75, 3.05) is 14.1 Å². The topological polar surface area (TPSA) is 78.4 Å². The number of rotatable bonds is 5. The Labute approximate surface area is 175 Å². The van der Waals surface area contributed by atoms with E-state index < -0.39 is 11.9 Å². The fourth-order valence-electron chi connectivity index (χ4n) is 2.01. The predicted molar refractivity (Wildman–Crippen MR) is 109 cm³/mol. The second kappa shape index (κ2) is 10.4. The third kappa shape index (κ3) is 6.97. The fraction of sp³-hybridized carbons (Fsp3) is 0.312. The van der Waals surface area contributed by atoms with Gasteiger partial charge >= 0.3 is 6.18 Å². The van der Waals surface area contributed by atoms with Gasteiger partial charge in [-0.2, -0.15) is 13.2 Å². The van der Waals surface area contributed by atoms with Gasteiger partial charge in [-0.3, -0.25) is 9.79 Å². The summed E-state index contributed by atoms with van der Waals surface area (Å²) < 4.78 is 37.6. The van der Waals surface area contributed by atoms with Crippen molar-refractivity contribution in [1.29, 1.82) is 0 Å². The van der Waals surface area contributed by atoms with E-state index in [4.69, 9.17) is 0 Å². The quantitative estimate of drug-likeness (QED) is 0.327. The van der Waals surface area contributed by atoms with Crippen molar-refractivity contribution in [3.63, 3.8) is 0 Å². The maximum Gasteiger partial charge on any atom is 0.434 e. The molecule has 0 aliphatic rings. The van der Waals surface area contributed by atoms with Gasteiger partial charge in [0.15, 0.2) is 11.7 Å². The number of halogens is 4. The normalized spacial score (nSPS) is 11.5. The van der Waals surface area contributed by atoms with Crippen LogP contribution in [0.15, 0.2) is 34.6 Å². The molecule has 1 aromatic carbocycles. The number of hydrogen-bond acceptors (Lipinski definition) is 4. The van der Waals surface area contributed by atoms with Crippen LogP contribution in [0.25, 0.3) is 0 Å². The zero-order chi connectivity index (χ0) is 19.2. The van der Waals surface area contributed by atoms with Crippen molar-refractivity contribution in [2.45, 2.75) is 19.3 Å². The molecule has 11 heteroatoms. The smallest absolute Gasteiger partial charge is 0.355 e. The first-order chi connectivity index (χ1) is 12.3. The molecule has 0 radical (unpaired) electrons. The molecule has 0 atom stereocenters. The van der Waals surface area contributed by atoms with Crippen LogP contribution in [0, 0.1) is 0 Å². The van der Waals surface area contributed by atoms with Gasteiger partial charge in [0.1, 0.15) is 5.01 Å². The van der Waals surface area contributed by atoms with Crippen molar-refractivity contribution in [3.05, 3.63) is 51.5 Å². The van der Waals surface area contributed by atoms with Gasteiger partial charge in [0.2, 0.25) is 0 Å². The number of benzene rings is 1. The van der Waals surface area contributed by atoms with Crippen LogP contribution in [0.4, 0.5) is 13.2 Å². The third-order valence-corrected chi connectivity index (χ3v) is 4.22. The van der Waals surface area contributed by atoms with E-state index in [1.54, 1.807) is 38.4 Å². The van der Waals surface area contributed by atoms with Crippen LogP contribution in [0.1, 0.15) is 26.6 Å². The van der Waals surface area contributed by atoms with Gasteiger partial charge in [0, 0.05) is 31.6 Å². The van der Waals surface area contributed by atoms with Gasteiger partial charge in [0.25, 0.3) is 5.91 Å². The summed E-state index contributed by atoms with van der Waals surface area (Å²) in [6.45, 7) is 0.579. The van der Waals surface area contributed by atoms with Gasteiger partial charge < -0.3 is 16.0 Å². The highest BCUT2D eigenvalue weighted by Crippen LogP contribution is 2.29. The second-order valence-corrected chi connectivity index (χ2v) is 6.12. The number of thiazole rings is 1. The molecule has 0 spiro atoms. The molecule has 1 heterocycles. The van der Waals surface area contributed by atoms with Crippen molar-refractivity contribution in [1.82, 2.24) is 20.9 Å². The Bertz CT molecular complexity index is 777. The summed E-state index contributed by atoms with van der Waals surface area (Å²) in [5.41, 5.74) is 0.593. The molecule has 2 aromatic rings. The first-order valence-electron chi connectivity index (χ1n) is 7.60. The lowest BCUT2D eigenvalue weighted by Crippen LogP contribution is -2.36. The first-order valence-corrected chi connectivity index (χ1v) is 8.48. The molecule has 27 heavy (non-hydrogen) atoms. The van der Waals surface area contributed by atoms with Gasteiger partial charge in [0.05, 0.1) is 6.54 Å². The third-order valence-electron chi connectivity index (χ3n) is 3.38. The van der Waals surface area contributed by atoms with E-state index in [0.29, 0.717) is 23.1 Å². The van der Waals surface area contributed by atoms with Crippen LogP contribution in [-0.2, 0) is 19.3 Å². The minimum atomic E-state index is -4.44. The first kappa shape index (κ1) is 23.1. The van der Waals surface area contributed by atoms with Crippen LogP contribution in [0.3, 0.4) is 0 Å². The van der Waals surface area contributed by atoms with Gasteiger partial charge in [-0.15, -0.1) is 35.3 Å². The van der Waals surface area contributed by atoms with E-state index in [0.717, 1.165) is 22.3 Å². The van der Waals surface area contributed by atoms with Crippen LogP contribution in [0.5, 0.6) is 0 Å². The van der Waals surface area contributed by atoms with E-state index in [1.807, 2.05) is 0 Å². The summed E-state index contributed by atoms with van der Waals surface area (Å²) in [4.78, 5) is 19.1. The number of aromatic nitrogens is 1. The zero-order valence-electron chi connectivity index (χ0n) is 14.6. The number of hydrogen-bond donors (Lipinski definition) is 3. The number of nitrogens with zero attached hydrogens (tertiary/aromatic N) is 2. The molecule has 0 saturated heterocycles. The number of guanidine groups is 1. The van der Waals surface area contributed by atoms with Crippen LogP contribution < -0.4 is 16.0 Å². The maximum absolute atomic E-state index is 12.5. The number of amides is 1. The lowest BCUT2D eigenvalue weighted by atomic mass is 10.1. The summed E-state index contributed by atoms with van der Waals surface area (Å²) in [5, 5.41) is 9.81. The lowest BCUT2D eigenvalue weighted by molar-refractivity contribution is -0.140. The Balaban J connectivity index is 0.00000364. The highest BCUT2D eigenvalue weighted by Gasteiger charge is 2.33. The van der Waals surface area contributed by atoms with Crippen molar-refractivity contribution in [2.24, 2.45) is 4.99 Å². The average Bonchev–Trinajstić information content (AvgIpc) is 3.11. The number of carbonyl (C=O) groups excluding carboxylic acids is 1. The molecule has 0 aliphatic carbocycles. The van der Waals surface area contributed by atoms with Gasteiger partial charge in [-0.05, 0) is 17.7 Å². The van der Waals surface area contributed by atoms with E-state index >= 15 is 0 Å². The van der Waals surface area contributed by atoms with E-state index in [-0.39, 0.29) is 36.4 Å². The Morgan fingerprint density at radius 2 is 1.81 bits per heavy atom. The monoisotopic (exact) mass is 513 g/mol. The van der Waals surface area contributed by atoms with Crippen LogP contribution in [-0.4, -0.2) is 30.9 Å². The summed E-state index contributed by atoms with van der Waals surface area (Å²) in [7, 11) is 3.13. The lowest BCUT2D eigenvalue weighted by Gasteiger charge is -2.11. The molecule has 1 aromatic heterocycles. The largest absolute Gasteiger partial charge is 0.434 e. The maximum atomic E-state index is 12.5. The van der Waals surface area contributed by atoms with Crippen molar-refractivity contribution < 1.29 is 18.0 Å². The van der Waals surface area contributed by atoms with Crippen LogP contribution >= 0.6 is 35.3 Å². The van der Waals surface area contributed by atoms with Gasteiger partial charge in [-0.25, -0.2) is 4.98 Å². The molecule has 3 N–H and O–H groups in total. The number of nitrogens with one attached hydrogen (secondary N) is 3.